The van der Waals surface area contributed by atoms with E-state index in [1.165, 1.54) is 19.4 Å². The summed E-state index contributed by atoms with van der Waals surface area (Å²) in [6.45, 7) is 4.13. The van der Waals surface area contributed by atoms with Crippen molar-refractivity contribution in [2.75, 3.05) is 33.3 Å². The summed E-state index contributed by atoms with van der Waals surface area (Å²) in [5.74, 6) is 0.895. The molecule has 1 aliphatic rings. The van der Waals surface area contributed by atoms with Crippen molar-refractivity contribution in [2.45, 2.75) is 25.3 Å². The van der Waals surface area contributed by atoms with Gasteiger partial charge in [-0.1, -0.05) is 11.6 Å². The van der Waals surface area contributed by atoms with Gasteiger partial charge in [-0.15, -0.1) is 0 Å². The van der Waals surface area contributed by atoms with E-state index < -0.39 is 0 Å². The number of nitrogens with one attached hydrogen (secondary N) is 1. The third-order valence-corrected chi connectivity index (χ3v) is 3.88. The summed E-state index contributed by atoms with van der Waals surface area (Å²) in [5.41, 5.74) is 0. The highest BCUT2D eigenvalue weighted by atomic mass is 35.5. The zero-order chi connectivity index (χ0) is 13.5. The van der Waals surface area contributed by atoms with Gasteiger partial charge >= 0.3 is 0 Å². The van der Waals surface area contributed by atoms with Crippen molar-refractivity contribution in [1.29, 1.82) is 0 Å². The van der Waals surface area contributed by atoms with Crippen LogP contribution in [0.1, 0.15) is 19.3 Å². The molecule has 1 atom stereocenters. The average Bonchev–Trinajstić information content (AvgIpc) is 2.46. The van der Waals surface area contributed by atoms with Crippen LogP contribution in [0.4, 0.5) is 0 Å². The second-order valence-electron chi connectivity index (χ2n) is 5.14. The molecular formula is C15H23ClN2O. The molecule has 1 aromatic carbocycles. The van der Waals surface area contributed by atoms with E-state index in [-0.39, 0.29) is 0 Å². The summed E-state index contributed by atoms with van der Waals surface area (Å²) >= 11 is 5.83. The molecule has 0 radical (unpaired) electrons. The minimum absolute atomic E-state index is 0.685. The van der Waals surface area contributed by atoms with E-state index in [2.05, 4.69) is 17.3 Å². The molecule has 106 valence electrons. The van der Waals surface area contributed by atoms with Crippen LogP contribution in [-0.4, -0.2) is 44.2 Å². The fourth-order valence-corrected chi connectivity index (χ4v) is 2.55. The molecule has 1 aliphatic heterocycles. The number of halogens is 1. The normalized spacial score (nSPS) is 19.6. The molecule has 0 spiro atoms. The van der Waals surface area contributed by atoms with Crippen LogP contribution in [0, 0.1) is 0 Å². The molecule has 1 saturated heterocycles. The number of likely N-dealkylation sites (N-methyl/N-ethyl adjacent to an activating group) is 1. The second-order valence-corrected chi connectivity index (χ2v) is 5.57. The maximum atomic E-state index is 5.83. The van der Waals surface area contributed by atoms with E-state index in [4.69, 9.17) is 16.3 Å². The first-order valence-electron chi connectivity index (χ1n) is 7.05. The summed E-state index contributed by atoms with van der Waals surface area (Å²) in [5, 5.41) is 4.20. The summed E-state index contributed by atoms with van der Waals surface area (Å²) < 4.78 is 5.70. The number of benzene rings is 1. The molecule has 1 fully saturated rings. The number of hydrogen-bond donors (Lipinski definition) is 1. The van der Waals surface area contributed by atoms with Crippen LogP contribution in [0.5, 0.6) is 5.75 Å². The standard InChI is InChI=1S/C15H23ClN2O/c1-18(14-4-2-9-17-12-14)10-3-11-19-15-7-5-13(16)6-8-15/h5-8,14,17H,2-4,9-12H2,1H3. The highest BCUT2D eigenvalue weighted by Gasteiger charge is 2.16. The Hall–Kier alpha value is -0.770. The molecule has 1 aromatic rings. The van der Waals surface area contributed by atoms with Gasteiger partial charge in [-0.2, -0.15) is 0 Å². The van der Waals surface area contributed by atoms with E-state index in [1.54, 1.807) is 0 Å². The maximum absolute atomic E-state index is 5.83. The molecule has 0 aromatic heterocycles. The third-order valence-electron chi connectivity index (χ3n) is 3.63. The fraction of sp³-hybridized carbons (Fsp3) is 0.600. The summed E-state index contributed by atoms with van der Waals surface area (Å²) in [7, 11) is 2.21. The van der Waals surface area contributed by atoms with Crippen molar-refractivity contribution in [2.24, 2.45) is 0 Å². The third kappa shape index (κ3) is 5.01. The van der Waals surface area contributed by atoms with Crippen molar-refractivity contribution < 1.29 is 4.74 Å². The van der Waals surface area contributed by atoms with Crippen molar-refractivity contribution in [3.05, 3.63) is 29.3 Å². The van der Waals surface area contributed by atoms with E-state index >= 15 is 0 Å². The minimum atomic E-state index is 0.685. The number of rotatable bonds is 6. The number of ether oxygens (including phenoxy) is 1. The molecular weight excluding hydrogens is 260 g/mol. The van der Waals surface area contributed by atoms with Gasteiger partial charge in [-0.25, -0.2) is 0 Å². The fourth-order valence-electron chi connectivity index (χ4n) is 2.43. The van der Waals surface area contributed by atoms with Gasteiger partial charge in [0.25, 0.3) is 0 Å². The minimum Gasteiger partial charge on any atom is -0.494 e. The van der Waals surface area contributed by atoms with Crippen LogP contribution in [0.3, 0.4) is 0 Å². The zero-order valence-electron chi connectivity index (χ0n) is 11.6. The van der Waals surface area contributed by atoms with Gasteiger partial charge in [0.15, 0.2) is 0 Å². The molecule has 0 aliphatic carbocycles. The monoisotopic (exact) mass is 282 g/mol. The summed E-state index contributed by atoms with van der Waals surface area (Å²) in [4.78, 5) is 2.44. The average molecular weight is 283 g/mol. The highest BCUT2D eigenvalue weighted by Crippen LogP contribution is 2.15. The number of piperidine rings is 1. The SMILES string of the molecule is CN(CCCOc1ccc(Cl)cc1)C1CCCNC1. The van der Waals surface area contributed by atoms with Crippen molar-refractivity contribution in [3.8, 4) is 5.75 Å². The van der Waals surface area contributed by atoms with Crippen LogP contribution in [0.25, 0.3) is 0 Å². The van der Waals surface area contributed by atoms with Crippen molar-refractivity contribution >= 4 is 11.6 Å². The first-order valence-corrected chi connectivity index (χ1v) is 7.43. The first kappa shape index (κ1) is 14.6. The molecule has 0 bridgehead atoms. The molecule has 0 saturated carbocycles. The Kier molecular flexibility index (Phi) is 5.95. The Balaban J connectivity index is 1.62. The van der Waals surface area contributed by atoms with E-state index in [9.17, 15) is 0 Å². The summed E-state index contributed by atoms with van der Waals surface area (Å²) in [6.07, 6.45) is 3.65. The highest BCUT2D eigenvalue weighted by molar-refractivity contribution is 6.30. The lowest BCUT2D eigenvalue weighted by molar-refractivity contribution is 0.186. The lowest BCUT2D eigenvalue weighted by Gasteiger charge is -2.31. The van der Waals surface area contributed by atoms with Gasteiger partial charge in [-0.3, -0.25) is 0 Å². The van der Waals surface area contributed by atoms with Crippen LogP contribution in [0.15, 0.2) is 24.3 Å². The van der Waals surface area contributed by atoms with Gasteiger partial charge in [0, 0.05) is 24.2 Å². The molecule has 19 heavy (non-hydrogen) atoms. The Morgan fingerprint density at radius 1 is 1.37 bits per heavy atom. The van der Waals surface area contributed by atoms with Gasteiger partial charge in [0.1, 0.15) is 5.75 Å². The Labute approximate surface area is 120 Å². The van der Waals surface area contributed by atoms with Crippen LogP contribution >= 0.6 is 11.6 Å². The molecule has 2 rings (SSSR count). The smallest absolute Gasteiger partial charge is 0.119 e. The number of hydrogen-bond acceptors (Lipinski definition) is 3. The predicted molar refractivity (Wildman–Crippen MR) is 80.1 cm³/mol. The lowest BCUT2D eigenvalue weighted by atomic mass is 10.1. The van der Waals surface area contributed by atoms with Gasteiger partial charge < -0.3 is 15.0 Å². The first-order chi connectivity index (χ1) is 9.25. The topological polar surface area (TPSA) is 24.5 Å². The van der Waals surface area contributed by atoms with Gasteiger partial charge in [-0.05, 0) is 57.1 Å². The Morgan fingerprint density at radius 2 is 2.16 bits per heavy atom. The Morgan fingerprint density at radius 3 is 2.84 bits per heavy atom. The lowest BCUT2D eigenvalue weighted by Crippen LogP contribution is -2.44. The molecule has 1 heterocycles. The van der Waals surface area contributed by atoms with Crippen LogP contribution < -0.4 is 10.1 Å². The van der Waals surface area contributed by atoms with Crippen LogP contribution in [-0.2, 0) is 0 Å². The quantitative estimate of drug-likeness (QED) is 0.812. The molecule has 0 amide bonds. The molecule has 1 N–H and O–H groups in total. The number of nitrogens with zero attached hydrogens (tertiary/aromatic N) is 1. The van der Waals surface area contributed by atoms with E-state index in [1.807, 2.05) is 24.3 Å². The Bertz CT molecular complexity index is 363. The summed E-state index contributed by atoms with van der Waals surface area (Å²) in [6, 6.07) is 8.23. The maximum Gasteiger partial charge on any atom is 0.119 e. The predicted octanol–water partition coefficient (Wildman–Crippen LogP) is 2.79. The van der Waals surface area contributed by atoms with Crippen molar-refractivity contribution in [1.82, 2.24) is 10.2 Å². The zero-order valence-corrected chi connectivity index (χ0v) is 12.3. The molecule has 4 heteroatoms. The molecule has 1 unspecified atom stereocenters. The van der Waals surface area contributed by atoms with Crippen LogP contribution in [0.2, 0.25) is 5.02 Å². The second kappa shape index (κ2) is 7.73. The largest absolute Gasteiger partial charge is 0.494 e. The molecule has 3 nitrogen and oxygen atoms in total. The van der Waals surface area contributed by atoms with Gasteiger partial charge in [0.2, 0.25) is 0 Å². The van der Waals surface area contributed by atoms with Gasteiger partial charge in [0.05, 0.1) is 6.61 Å². The van der Waals surface area contributed by atoms with Crippen molar-refractivity contribution in [3.63, 3.8) is 0 Å². The van der Waals surface area contributed by atoms with E-state index in [0.29, 0.717) is 6.04 Å². The van der Waals surface area contributed by atoms with E-state index in [0.717, 1.165) is 36.9 Å².